The van der Waals surface area contributed by atoms with Crippen LogP contribution in [0.2, 0.25) is 0 Å². The third kappa shape index (κ3) is 11.1. The van der Waals surface area contributed by atoms with Crippen LogP contribution in [0.25, 0.3) is 21.3 Å². The van der Waals surface area contributed by atoms with Gasteiger partial charge >= 0.3 is 5.97 Å². The van der Waals surface area contributed by atoms with Crippen molar-refractivity contribution in [1.29, 1.82) is 5.41 Å². The van der Waals surface area contributed by atoms with E-state index in [-0.39, 0.29) is 54.6 Å². The Morgan fingerprint density at radius 3 is 2.46 bits per heavy atom. The normalized spacial score (nSPS) is 16.7. The quantitative estimate of drug-likeness (QED) is 0.0397. The summed E-state index contributed by atoms with van der Waals surface area (Å²) in [4.78, 5) is 76.9. The molecule has 0 bridgehead atoms. The van der Waals surface area contributed by atoms with Crippen molar-refractivity contribution in [3.05, 3.63) is 125 Å². The number of anilines is 4. The summed E-state index contributed by atoms with van der Waals surface area (Å²) >= 11 is 1.42. The van der Waals surface area contributed by atoms with E-state index in [0.29, 0.717) is 70.2 Å². The maximum atomic E-state index is 13.6. The van der Waals surface area contributed by atoms with E-state index in [0.717, 1.165) is 71.2 Å². The summed E-state index contributed by atoms with van der Waals surface area (Å²) in [5.41, 5.74) is 7.29. The van der Waals surface area contributed by atoms with Crippen molar-refractivity contribution >= 4 is 79.2 Å². The summed E-state index contributed by atoms with van der Waals surface area (Å²) in [6, 6.07) is 28.1. The molecule has 9 rings (SSSR count). The number of hydrogen-bond donors (Lipinski definition) is 6. The van der Waals surface area contributed by atoms with Crippen LogP contribution in [0.15, 0.2) is 91.0 Å². The van der Waals surface area contributed by atoms with Crippen molar-refractivity contribution in [2.24, 2.45) is 11.8 Å². The number of nitrogens with zero attached hydrogens (tertiary/aromatic N) is 4. The zero-order valence-corrected chi connectivity index (χ0v) is 40.8. The van der Waals surface area contributed by atoms with Crippen LogP contribution in [-0.2, 0) is 27.3 Å². The van der Waals surface area contributed by atoms with Gasteiger partial charge in [-0.05, 0) is 154 Å². The number of benzene rings is 4. The Hall–Kier alpha value is -7.50. The minimum atomic E-state index is -1.13. The van der Waals surface area contributed by atoms with Crippen LogP contribution < -0.4 is 30.9 Å². The Kier molecular flexibility index (Phi) is 14.5. The third-order valence-electron chi connectivity index (χ3n) is 13.8. The first-order valence-electron chi connectivity index (χ1n) is 24.1. The zero-order chi connectivity index (χ0) is 49.8. The average Bonchev–Trinajstić information content (AvgIpc) is 3.78. The fourth-order valence-electron chi connectivity index (χ4n) is 9.92. The SMILES string of the molecule is CNc1cc(NC(=O)CN2CCC(CCC(C)Oc3ccc(-c4ccc(N5CCc6cccc(C(=O)Nc7nc8ccccc8s7)c6C5)nc4C(=O)O)c(C)c3)CC2)ccc1C(=N)C1CCC(=O)NC1=O. The van der Waals surface area contributed by atoms with Gasteiger partial charge in [0.1, 0.15) is 11.6 Å². The van der Waals surface area contributed by atoms with E-state index in [1.165, 1.54) is 11.3 Å². The number of piperidine rings is 2. The van der Waals surface area contributed by atoms with E-state index in [1.807, 2.05) is 84.6 Å². The number of nitrogens with one attached hydrogen (secondary N) is 5. The van der Waals surface area contributed by atoms with Gasteiger partial charge in [-0.2, -0.15) is 0 Å². The highest BCUT2D eigenvalue weighted by atomic mass is 32.1. The average molecular weight is 976 g/mol. The van der Waals surface area contributed by atoms with Crippen molar-refractivity contribution in [1.82, 2.24) is 20.2 Å². The van der Waals surface area contributed by atoms with Crippen molar-refractivity contribution in [3.63, 3.8) is 0 Å². The van der Waals surface area contributed by atoms with Gasteiger partial charge in [-0.3, -0.25) is 34.7 Å². The number of imide groups is 1. The number of para-hydroxylation sites is 1. The number of likely N-dealkylation sites (tertiary alicyclic amines) is 1. The van der Waals surface area contributed by atoms with Gasteiger partial charge in [-0.1, -0.05) is 41.7 Å². The molecule has 2 atom stereocenters. The highest BCUT2D eigenvalue weighted by Crippen LogP contribution is 2.35. The number of aromatic nitrogens is 2. The number of amides is 4. The lowest BCUT2D eigenvalue weighted by Gasteiger charge is -2.32. The molecule has 6 aromatic rings. The molecule has 6 N–H and O–H groups in total. The Bertz CT molecular complexity index is 3020. The van der Waals surface area contributed by atoms with Crippen LogP contribution in [0.3, 0.4) is 0 Å². The lowest BCUT2D eigenvalue weighted by atomic mass is 9.88. The first-order chi connectivity index (χ1) is 34.3. The van der Waals surface area contributed by atoms with Gasteiger partial charge in [0, 0.05) is 54.6 Å². The van der Waals surface area contributed by atoms with Crippen molar-refractivity contribution in [2.45, 2.75) is 71.4 Å². The number of ether oxygens (including phenoxy) is 1. The number of carboxylic acids is 1. The predicted octanol–water partition coefficient (Wildman–Crippen LogP) is 8.54. The molecule has 71 heavy (non-hydrogen) atoms. The number of pyridine rings is 1. The van der Waals surface area contributed by atoms with Crippen LogP contribution in [0, 0.1) is 24.2 Å². The summed E-state index contributed by atoms with van der Waals surface area (Å²) in [6.07, 6.45) is 4.91. The van der Waals surface area contributed by atoms with Gasteiger partial charge in [0.25, 0.3) is 5.91 Å². The number of thiazole rings is 1. The Morgan fingerprint density at radius 1 is 0.901 bits per heavy atom. The molecule has 2 unspecified atom stereocenters. The fourth-order valence-corrected chi connectivity index (χ4v) is 10.8. The second-order valence-electron chi connectivity index (χ2n) is 18.6. The molecular weight excluding hydrogens is 919 g/mol. The number of hydrogen-bond acceptors (Lipinski definition) is 13. The number of fused-ring (bicyclic) bond motifs is 2. The summed E-state index contributed by atoms with van der Waals surface area (Å²) < 4.78 is 7.37. The molecule has 0 saturated carbocycles. The minimum Gasteiger partial charge on any atom is -0.491 e. The van der Waals surface area contributed by atoms with E-state index in [1.54, 1.807) is 25.2 Å². The second kappa shape index (κ2) is 21.2. The molecule has 0 aliphatic carbocycles. The molecule has 0 radical (unpaired) electrons. The van der Waals surface area contributed by atoms with Crippen LogP contribution in [-0.4, -0.2) is 94.6 Å². The number of aromatic carboxylic acids is 1. The van der Waals surface area contributed by atoms with E-state index in [4.69, 9.17) is 15.1 Å². The van der Waals surface area contributed by atoms with Gasteiger partial charge in [0.2, 0.25) is 17.7 Å². The van der Waals surface area contributed by atoms with Crippen LogP contribution in [0.4, 0.5) is 22.3 Å². The molecular formula is C54H57N9O7S. The number of carbonyl (C=O) groups excluding carboxylic acids is 4. The van der Waals surface area contributed by atoms with Gasteiger partial charge in [-0.15, -0.1) is 0 Å². The molecule has 2 aromatic heterocycles. The third-order valence-corrected chi connectivity index (χ3v) is 14.7. The van der Waals surface area contributed by atoms with Crippen molar-refractivity contribution in [3.8, 4) is 16.9 Å². The maximum Gasteiger partial charge on any atom is 0.355 e. The van der Waals surface area contributed by atoms with Crippen LogP contribution in [0.1, 0.15) is 88.5 Å². The Balaban J connectivity index is 0.751. The highest BCUT2D eigenvalue weighted by molar-refractivity contribution is 7.22. The Labute approximate surface area is 415 Å². The molecule has 3 aliphatic rings. The number of carboxylic acid groups (broad SMARTS) is 1. The van der Waals surface area contributed by atoms with Crippen molar-refractivity contribution < 1.29 is 33.8 Å². The molecule has 17 heteroatoms. The minimum absolute atomic E-state index is 0.0463. The molecule has 5 heterocycles. The summed E-state index contributed by atoms with van der Waals surface area (Å²) in [5.74, 6) is -1.25. The largest absolute Gasteiger partial charge is 0.491 e. The molecule has 4 amide bonds. The summed E-state index contributed by atoms with van der Waals surface area (Å²) in [7, 11) is 1.72. The van der Waals surface area contributed by atoms with Gasteiger partial charge < -0.3 is 30.8 Å². The molecule has 366 valence electrons. The molecule has 3 aliphatic heterocycles. The summed E-state index contributed by atoms with van der Waals surface area (Å²) in [5, 5.41) is 31.0. The fraction of sp³-hybridized carbons (Fsp3) is 0.333. The molecule has 0 spiro atoms. The first kappa shape index (κ1) is 48.5. The van der Waals surface area contributed by atoms with E-state index in [2.05, 4.69) is 38.1 Å². The van der Waals surface area contributed by atoms with Crippen molar-refractivity contribution in [2.75, 3.05) is 54.1 Å². The zero-order valence-electron chi connectivity index (χ0n) is 40.0. The standard InChI is InChI=1S/C54H57N9O7S/c1-31-27-36(70-32(2)11-12-33-21-24-62(25-22-33)30-48(65)57-35-13-15-40(44(28-35)56-3)49(55)41-18-20-47(64)60-52(41)67)14-16-37(31)38-17-19-46(59-50(38)53(68)69)63-26-23-34-7-6-8-39(42(34)29-63)51(66)61-54-58-43-9-4-5-10-45(43)71-54/h4-10,13-17,19,27-28,32-33,41,55-56H,11-12,18,20-26,29-30H2,1-3H3,(H,57,65)(H,68,69)(H,58,61,66)(H,60,64,67). The van der Waals surface area contributed by atoms with Crippen LogP contribution in [0.5, 0.6) is 5.75 Å². The topological polar surface area (TPSA) is 219 Å². The monoisotopic (exact) mass is 975 g/mol. The first-order valence-corrected chi connectivity index (χ1v) is 24.9. The van der Waals surface area contributed by atoms with E-state index < -0.39 is 17.8 Å². The number of rotatable bonds is 16. The molecule has 2 fully saturated rings. The smallest absolute Gasteiger partial charge is 0.355 e. The van der Waals surface area contributed by atoms with E-state index in [9.17, 15) is 29.1 Å². The highest BCUT2D eigenvalue weighted by Gasteiger charge is 2.32. The summed E-state index contributed by atoms with van der Waals surface area (Å²) in [6.45, 7) is 6.90. The number of aryl methyl sites for hydroxylation is 1. The lowest BCUT2D eigenvalue weighted by Crippen LogP contribution is -2.44. The van der Waals surface area contributed by atoms with Crippen LogP contribution >= 0.6 is 11.3 Å². The Morgan fingerprint density at radius 2 is 1.70 bits per heavy atom. The maximum absolute atomic E-state index is 13.6. The van der Waals surface area contributed by atoms with E-state index >= 15 is 0 Å². The van der Waals surface area contributed by atoms with Gasteiger partial charge in [0.05, 0.1) is 34.5 Å². The predicted molar refractivity (Wildman–Crippen MR) is 276 cm³/mol. The molecule has 16 nitrogen and oxygen atoms in total. The molecule has 2 saturated heterocycles. The molecule has 4 aromatic carbocycles. The van der Waals surface area contributed by atoms with Gasteiger partial charge in [-0.25, -0.2) is 14.8 Å². The lowest BCUT2D eigenvalue weighted by molar-refractivity contribution is -0.134. The van der Waals surface area contributed by atoms with Gasteiger partial charge in [0.15, 0.2) is 10.8 Å². The number of carbonyl (C=O) groups is 5. The second-order valence-corrected chi connectivity index (χ2v) is 19.6.